The highest BCUT2D eigenvalue weighted by molar-refractivity contribution is 5.76. The number of ether oxygens (including phenoxy) is 1. The molecule has 0 spiro atoms. The van der Waals surface area contributed by atoms with Crippen molar-refractivity contribution in [3.63, 3.8) is 0 Å². The van der Waals surface area contributed by atoms with Crippen LogP contribution in [0.1, 0.15) is 46.5 Å². The zero-order valence-corrected chi connectivity index (χ0v) is 13.4. The molecule has 20 heavy (non-hydrogen) atoms. The molecule has 3 atom stereocenters. The van der Waals surface area contributed by atoms with Crippen LogP contribution in [0.25, 0.3) is 0 Å². The number of nitrogens with zero attached hydrogens (tertiary/aromatic N) is 1. The quantitative estimate of drug-likeness (QED) is 0.810. The Kier molecular flexibility index (Phi) is 5.08. The molecule has 116 valence electrons. The van der Waals surface area contributed by atoms with Gasteiger partial charge in [-0.2, -0.15) is 0 Å². The highest BCUT2D eigenvalue weighted by Crippen LogP contribution is 2.45. The number of hydrogen-bond acceptors (Lipinski definition) is 3. The summed E-state index contributed by atoms with van der Waals surface area (Å²) < 4.78 is 5.75. The third kappa shape index (κ3) is 3.17. The smallest absolute Gasteiger partial charge is 0.222 e. The van der Waals surface area contributed by atoms with Gasteiger partial charge >= 0.3 is 0 Å². The third-order valence-corrected chi connectivity index (χ3v) is 5.28. The first-order valence-electron chi connectivity index (χ1n) is 8.04. The summed E-state index contributed by atoms with van der Waals surface area (Å²) >= 11 is 0. The molecule has 0 radical (unpaired) electrons. The predicted octanol–water partition coefficient (Wildman–Crippen LogP) is 2.04. The molecule has 4 heteroatoms. The van der Waals surface area contributed by atoms with E-state index in [0.717, 1.165) is 32.5 Å². The fraction of sp³-hybridized carbons (Fsp3) is 0.938. The first kappa shape index (κ1) is 15.8. The van der Waals surface area contributed by atoms with Crippen molar-refractivity contribution in [3.05, 3.63) is 0 Å². The number of nitrogens with one attached hydrogen (secondary N) is 1. The lowest BCUT2D eigenvalue weighted by molar-refractivity contribution is -0.163. The fourth-order valence-corrected chi connectivity index (χ4v) is 3.64. The minimum atomic E-state index is 0.0787. The Morgan fingerprint density at radius 3 is 2.75 bits per heavy atom. The van der Waals surface area contributed by atoms with Crippen LogP contribution in [0.15, 0.2) is 0 Å². The fourth-order valence-electron chi connectivity index (χ4n) is 3.64. The van der Waals surface area contributed by atoms with Crippen LogP contribution in [0, 0.1) is 11.3 Å². The van der Waals surface area contributed by atoms with Crippen LogP contribution < -0.4 is 5.32 Å². The summed E-state index contributed by atoms with van der Waals surface area (Å²) in [5, 5.41) is 3.36. The van der Waals surface area contributed by atoms with Crippen LogP contribution in [0.4, 0.5) is 0 Å². The Bertz CT molecular complexity index is 337. The lowest BCUT2D eigenvalue weighted by Crippen LogP contribution is -2.62. The molecule has 4 nitrogen and oxygen atoms in total. The van der Waals surface area contributed by atoms with Gasteiger partial charge in [-0.1, -0.05) is 13.8 Å². The molecule has 3 unspecified atom stereocenters. The second kappa shape index (κ2) is 6.44. The number of hydrogen-bond donors (Lipinski definition) is 1. The number of carbonyl (C=O) groups is 1. The molecular formula is C16H30N2O2. The summed E-state index contributed by atoms with van der Waals surface area (Å²) in [4.78, 5) is 14.3. The normalized spacial score (nSPS) is 31.9. The standard InChI is InChI=1S/C16H30N2O2/c1-5-20-14-10-13(16(14,2)3)18(4)15(19)7-6-12-8-9-17-11-12/h12-14,17H,5-11H2,1-4H3. The van der Waals surface area contributed by atoms with Gasteiger partial charge in [0.15, 0.2) is 0 Å². The first-order valence-corrected chi connectivity index (χ1v) is 8.04. The molecular weight excluding hydrogens is 252 g/mol. The molecule has 0 aromatic carbocycles. The van der Waals surface area contributed by atoms with Gasteiger partial charge in [-0.25, -0.2) is 0 Å². The van der Waals surface area contributed by atoms with Crippen molar-refractivity contribution < 1.29 is 9.53 Å². The van der Waals surface area contributed by atoms with E-state index in [4.69, 9.17) is 4.74 Å². The average molecular weight is 282 g/mol. The minimum absolute atomic E-state index is 0.0787. The lowest BCUT2D eigenvalue weighted by atomic mass is 9.63. The van der Waals surface area contributed by atoms with Crippen LogP contribution in [0.2, 0.25) is 0 Å². The Balaban J connectivity index is 1.78. The lowest BCUT2D eigenvalue weighted by Gasteiger charge is -2.54. The Morgan fingerprint density at radius 2 is 2.20 bits per heavy atom. The Morgan fingerprint density at radius 1 is 1.45 bits per heavy atom. The van der Waals surface area contributed by atoms with Gasteiger partial charge in [0, 0.05) is 31.5 Å². The summed E-state index contributed by atoms with van der Waals surface area (Å²) in [6.07, 6.45) is 4.21. The summed E-state index contributed by atoms with van der Waals surface area (Å²) in [5.74, 6) is 0.989. The summed E-state index contributed by atoms with van der Waals surface area (Å²) in [6, 6.07) is 0.327. The van der Waals surface area contributed by atoms with E-state index in [1.54, 1.807) is 0 Å². The molecule has 2 rings (SSSR count). The first-order chi connectivity index (χ1) is 9.46. The average Bonchev–Trinajstić information content (AvgIpc) is 2.93. The second-order valence-corrected chi connectivity index (χ2v) is 6.92. The zero-order chi connectivity index (χ0) is 14.8. The summed E-state index contributed by atoms with van der Waals surface area (Å²) in [7, 11) is 1.96. The van der Waals surface area contributed by atoms with Gasteiger partial charge in [-0.05, 0) is 45.2 Å². The molecule has 2 aliphatic rings. The largest absolute Gasteiger partial charge is 0.378 e. The molecule has 1 aliphatic carbocycles. The Hall–Kier alpha value is -0.610. The van der Waals surface area contributed by atoms with Crippen LogP contribution in [-0.2, 0) is 9.53 Å². The van der Waals surface area contributed by atoms with Crippen molar-refractivity contribution in [1.29, 1.82) is 0 Å². The van der Waals surface area contributed by atoms with Crippen molar-refractivity contribution in [2.75, 3.05) is 26.7 Å². The minimum Gasteiger partial charge on any atom is -0.378 e. The molecule has 1 saturated heterocycles. The topological polar surface area (TPSA) is 41.6 Å². The van der Waals surface area contributed by atoms with E-state index in [9.17, 15) is 4.79 Å². The van der Waals surface area contributed by atoms with Crippen LogP contribution in [0.3, 0.4) is 0 Å². The van der Waals surface area contributed by atoms with E-state index in [-0.39, 0.29) is 5.41 Å². The van der Waals surface area contributed by atoms with Crippen molar-refractivity contribution in [2.24, 2.45) is 11.3 Å². The highest BCUT2D eigenvalue weighted by atomic mass is 16.5. The molecule has 0 bridgehead atoms. The van der Waals surface area contributed by atoms with Crippen molar-refractivity contribution in [1.82, 2.24) is 10.2 Å². The SMILES string of the molecule is CCOC1CC(N(C)C(=O)CCC2CCNC2)C1(C)C. The molecule has 1 saturated carbocycles. The summed E-state index contributed by atoms with van der Waals surface area (Å²) in [5.41, 5.74) is 0.0787. The molecule has 0 aromatic rings. The van der Waals surface area contributed by atoms with E-state index in [1.165, 1.54) is 6.42 Å². The number of carbonyl (C=O) groups excluding carboxylic acids is 1. The van der Waals surface area contributed by atoms with Gasteiger partial charge < -0.3 is 15.0 Å². The van der Waals surface area contributed by atoms with Crippen molar-refractivity contribution in [3.8, 4) is 0 Å². The van der Waals surface area contributed by atoms with E-state index in [2.05, 4.69) is 19.2 Å². The third-order valence-electron chi connectivity index (χ3n) is 5.28. The van der Waals surface area contributed by atoms with Gasteiger partial charge in [0.2, 0.25) is 5.91 Å². The maximum Gasteiger partial charge on any atom is 0.222 e. The molecule has 1 heterocycles. The van der Waals surface area contributed by atoms with E-state index < -0.39 is 0 Å². The number of rotatable bonds is 6. The molecule has 2 fully saturated rings. The van der Waals surface area contributed by atoms with E-state index >= 15 is 0 Å². The maximum absolute atomic E-state index is 12.4. The van der Waals surface area contributed by atoms with E-state index in [0.29, 0.717) is 30.4 Å². The predicted molar refractivity (Wildman–Crippen MR) is 80.6 cm³/mol. The number of amides is 1. The van der Waals surface area contributed by atoms with Crippen LogP contribution >= 0.6 is 0 Å². The summed E-state index contributed by atoms with van der Waals surface area (Å²) in [6.45, 7) is 9.41. The van der Waals surface area contributed by atoms with Gasteiger partial charge in [0.05, 0.1) is 6.10 Å². The van der Waals surface area contributed by atoms with Gasteiger partial charge in [-0.3, -0.25) is 4.79 Å². The maximum atomic E-state index is 12.4. The van der Waals surface area contributed by atoms with E-state index in [1.807, 2.05) is 18.9 Å². The van der Waals surface area contributed by atoms with Crippen molar-refractivity contribution >= 4 is 5.91 Å². The molecule has 1 aliphatic heterocycles. The van der Waals surface area contributed by atoms with Crippen LogP contribution in [0.5, 0.6) is 0 Å². The molecule has 1 N–H and O–H groups in total. The van der Waals surface area contributed by atoms with Gasteiger partial charge in [0.1, 0.15) is 0 Å². The zero-order valence-electron chi connectivity index (χ0n) is 13.4. The Labute approximate surface area is 123 Å². The highest BCUT2D eigenvalue weighted by Gasteiger charge is 2.51. The van der Waals surface area contributed by atoms with Gasteiger partial charge in [-0.15, -0.1) is 0 Å². The monoisotopic (exact) mass is 282 g/mol. The van der Waals surface area contributed by atoms with Gasteiger partial charge in [0.25, 0.3) is 0 Å². The second-order valence-electron chi connectivity index (χ2n) is 6.92. The van der Waals surface area contributed by atoms with Crippen molar-refractivity contribution in [2.45, 2.75) is 58.6 Å². The molecule has 1 amide bonds. The van der Waals surface area contributed by atoms with Crippen LogP contribution in [-0.4, -0.2) is 49.7 Å². The molecule has 0 aromatic heterocycles.